The van der Waals surface area contributed by atoms with Crippen molar-refractivity contribution >= 4 is 0 Å². The summed E-state index contributed by atoms with van der Waals surface area (Å²) < 4.78 is 19.9. The molecule has 0 amide bonds. The van der Waals surface area contributed by atoms with E-state index in [4.69, 9.17) is 4.52 Å². The van der Waals surface area contributed by atoms with Gasteiger partial charge in [0.05, 0.1) is 11.4 Å². The SMILES string of the molecule is Cc1c(-c2noc(-c3ccccn3)n2)nnn1-c1ccc(F)cc1. The Morgan fingerprint density at radius 3 is 2.67 bits per heavy atom. The normalized spacial score (nSPS) is 10.9. The molecule has 4 rings (SSSR count). The van der Waals surface area contributed by atoms with E-state index in [9.17, 15) is 4.39 Å². The molecule has 24 heavy (non-hydrogen) atoms. The third-order valence-corrected chi connectivity index (χ3v) is 3.49. The van der Waals surface area contributed by atoms with Crippen LogP contribution in [0.25, 0.3) is 28.8 Å². The Morgan fingerprint density at radius 1 is 1.08 bits per heavy atom. The Kier molecular flexibility index (Phi) is 3.34. The van der Waals surface area contributed by atoms with E-state index < -0.39 is 0 Å². The average Bonchev–Trinajstić information content (AvgIpc) is 3.23. The van der Waals surface area contributed by atoms with E-state index in [1.165, 1.54) is 12.1 Å². The van der Waals surface area contributed by atoms with Gasteiger partial charge in [-0.15, -0.1) is 5.10 Å². The molecule has 0 aliphatic carbocycles. The number of rotatable bonds is 3. The molecule has 0 saturated carbocycles. The van der Waals surface area contributed by atoms with E-state index in [1.807, 2.05) is 13.0 Å². The summed E-state index contributed by atoms with van der Waals surface area (Å²) >= 11 is 0. The first-order valence-corrected chi connectivity index (χ1v) is 7.16. The van der Waals surface area contributed by atoms with E-state index in [0.717, 1.165) is 5.69 Å². The second-order valence-electron chi connectivity index (χ2n) is 5.05. The molecule has 3 heterocycles. The summed E-state index contributed by atoms with van der Waals surface area (Å²) in [5, 5.41) is 12.1. The van der Waals surface area contributed by atoms with Gasteiger partial charge in [0.25, 0.3) is 5.89 Å². The van der Waals surface area contributed by atoms with Gasteiger partial charge in [0.1, 0.15) is 11.5 Å². The van der Waals surface area contributed by atoms with Crippen LogP contribution < -0.4 is 0 Å². The van der Waals surface area contributed by atoms with E-state index >= 15 is 0 Å². The highest BCUT2D eigenvalue weighted by molar-refractivity contribution is 5.56. The van der Waals surface area contributed by atoms with Gasteiger partial charge in [0, 0.05) is 6.20 Å². The molecular weight excluding hydrogens is 311 g/mol. The lowest BCUT2D eigenvalue weighted by atomic mass is 10.3. The minimum absolute atomic E-state index is 0.307. The third kappa shape index (κ3) is 2.43. The Hall–Kier alpha value is -3.42. The van der Waals surface area contributed by atoms with Crippen molar-refractivity contribution in [1.29, 1.82) is 0 Å². The number of hydrogen-bond donors (Lipinski definition) is 0. The zero-order chi connectivity index (χ0) is 16.5. The molecule has 7 nitrogen and oxygen atoms in total. The van der Waals surface area contributed by atoms with Crippen molar-refractivity contribution in [3.8, 4) is 28.8 Å². The summed E-state index contributed by atoms with van der Waals surface area (Å²) in [6.07, 6.45) is 1.65. The van der Waals surface area contributed by atoms with Crippen molar-refractivity contribution in [2.24, 2.45) is 0 Å². The summed E-state index contributed by atoms with van der Waals surface area (Å²) in [4.78, 5) is 8.48. The van der Waals surface area contributed by atoms with Crippen LogP contribution in [0, 0.1) is 12.7 Å². The van der Waals surface area contributed by atoms with Crippen molar-refractivity contribution < 1.29 is 8.91 Å². The smallest absolute Gasteiger partial charge is 0.276 e. The lowest BCUT2D eigenvalue weighted by Gasteiger charge is -2.02. The molecule has 3 aromatic heterocycles. The Labute approximate surface area is 135 Å². The molecule has 4 aromatic rings. The fourth-order valence-corrected chi connectivity index (χ4v) is 2.28. The molecule has 0 spiro atoms. The van der Waals surface area contributed by atoms with Crippen molar-refractivity contribution in [2.75, 3.05) is 0 Å². The van der Waals surface area contributed by atoms with Gasteiger partial charge in [-0.3, -0.25) is 4.98 Å². The van der Waals surface area contributed by atoms with E-state index in [2.05, 4.69) is 25.4 Å². The maximum atomic E-state index is 13.1. The van der Waals surface area contributed by atoms with Gasteiger partial charge >= 0.3 is 0 Å². The summed E-state index contributed by atoms with van der Waals surface area (Å²) in [5.74, 6) is 0.317. The number of pyridine rings is 1. The Bertz CT molecular complexity index is 977. The largest absolute Gasteiger partial charge is 0.332 e. The number of aromatic nitrogens is 6. The molecule has 0 saturated heterocycles. The second-order valence-corrected chi connectivity index (χ2v) is 5.05. The van der Waals surface area contributed by atoms with Crippen LogP contribution in [0.5, 0.6) is 0 Å². The molecule has 8 heteroatoms. The zero-order valence-electron chi connectivity index (χ0n) is 12.6. The van der Waals surface area contributed by atoms with Crippen LogP contribution in [0.4, 0.5) is 4.39 Å². The van der Waals surface area contributed by atoms with Crippen LogP contribution in [0.15, 0.2) is 53.2 Å². The first-order chi connectivity index (χ1) is 11.7. The number of nitrogens with zero attached hydrogens (tertiary/aromatic N) is 6. The molecule has 0 fully saturated rings. The highest BCUT2D eigenvalue weighted by Crippen LogP contribution is 2.23. The van der Waals surface area contributed by atoms with Crippen LogP contribution in [-0.4, -0.2) is 30.1 Å². The third-order valence-electron chi connectivity index (χ3n) is 3.49. The monoisotopic (exact) mass is 322 g/mol. The van der Waals surface area contributed by atoms with Crippen molar-refractivity contribution in [3.05, 3.63) is 60.2 Å². The molecule has 0 aliphatic heterocycles. The molecule has 1 aromatic carbocycles. The van der Waals surface area contributed by atoms with Crippen molar-refractivity contribution in [1.82, 2.24) is 30.1 Å². The molecule has 0 bridgehead atoms. The fourth-order valence-electron chi connectivity index (χ4n) is 2.28. The van der Waals surface area contributed by atoms with Gasteiger partial charge in [-0.05, 0) is 43.3 Å². The average molecular weight is 322 g/mol. The first kappa shape index (κ1) is 14.2. The molecular formula is C16H11FN6O. The quantitative estimate of drug-likeness (QED) is 0.577. The highest BCUT2D eigenvalue weighted by atomic mass is 19.1. The summed E-state index contributed by atoms with van der Waals surface area (Å²) in [6.45, 7) is 1.83. The highest BCUT2D eigenvalue weighted by Gasteiger charge is 2.18. The minimum atomic E-state index is -0.310. The predicted molar refractivity (Wildman–Crippen MR) is 82.6 cm³/mol. The number of benzene rings is 1. The van der Waals surface area contributed by atoms with E-state index in [0.29, 0.717) is 28.8 Å². The molecule has 0 aliphatic rings. The van der Waals surface area contributed by atoms with Crippen LogP contribution in [0.2, 0.25) is 0 Å². The van der Waals surface area contributed by atoms with Crippen LogP contribution >= 0.6 is 0 Å². The summed E-state index contributed by atoms with van der Waals surface area (Å²) in [7, 11) is 0. The summed E-state index contributed by atoms with van der Waals surface area (Å²) in [5.41, 5.74) is 2.49. The van der Waals surface area contributed by atoms with Gasteiger partial charge < -0.3 is 4.52 Å². The Morgan fingerprint density at radius 2 is 1.92 bits per heavy atom. The molecule has 0 unspecified atom stereocenters. The first-order valence-electron chi connectivity index (χ1n) is 7.16. The standard InChI is InChI=1S/C16H11FN6O/c1-10-14(20-22-23(10)12-7-5-11(17)6-8-12)15-19-16(24-21-15)13-4-2-3-9-18-13/h2-9H,1H3. The number of halogens is 1. The lowest BCUT2D eigenvalue weighted by molar-refractivity contribution is 0.430. The molecule has 0 N–H and O–H groups in total. The van der Waals surface area contributed by atoms with E-state index in [1.54, 1.807) is 35.1 Å². The topological polar surface area (TPSA) is 82.5 Å². The van der Waals surface area contributed by atoms with Gasteiger partial charge in [0.15, 0.2) is 5.69 Å². The predicted octanol–water partition coefficient (Wildman–Crippen LogP) is 2.83. The summed E-state index contributed by atoms with van der Waals surface area (Å²) in [6, 6.07) is 11.4. The van der Waals surface area contributed by atoms with Gasteiger partial charge in [-0.1, -0.05) is 16.4 Å². The fraction of sp³-hybridized carbons (Fsp3) is 0.0625. The Balaban J connectivity index is 1.71. The van der Waals surface area contributed by atoms with Crippen molar-refractivity contribution in [3.63, 3.8) is 0 Å². The van der Waals surface area contributed by atoms with Crippen LogP contribution in [0.3, 0.4) is 0 Å². The van der Waals surface area contributed by atoms with Crippen LogP contribution in [0.1, 0.15) is 5.69 Å². The lowest BCUT2D eigenvalue weighted by Crippen LogP contribution is -1.99. The van der Waals surface area contributed by atoms with E-state index in [-0.39, 0.29) is 5.82 Å². The molecule has 118 valence electrons. The second kappa shape index (κ2) is 5.65. The maximum absolute atomic E-state index is 13.1. The van der Waals surface area contributed by atoms with Crippen LogP contribution in [-0.2, 0) is 0 Å². The maximum Gasteiger partial charge on any atom is 0.276 e. The van der Waals surface area contributed by atoms with Gasteiger partial charge in [-0.25, -0.2) is 9.07 Å². The number of hydrogen-bond acceptors (Lipinski definition) is 6. The molecule has 0 radical (unpaired) electrons. The van der Waals surface area contributed by atoms with Crippen molar-refractivity contribution in [2.45, 2.75) is 6.92 Å². The van der Waals surface area contributed by atoms with Gasteiger partial charge in [-0.2, -0.15) is 4.98 Å². The molecule has 0 atom stereocenters. The minimum Gasteiger partial charge on any atom is -0.332 e. The van der Waals surface area contributed by atoms with Gasteiger partial charge in [0.2, 0.25) is 5.82 Å². The zero-order valence-corrected chi connectivity index (χ0v) is 12.6.